The molecule has 1 aromatic carbocycles. The van der Waals surface area contributed by atoms with Crippen molar-refractivity contribution in [3.05, 3.63) is 47.0 Å². The molecular formula is C18H30. The van der Waals surface area contributed by atoms with Gasteiger partial charge in [-0.2, -0.15) is 0 Å². The Balaban J connectivity index is 0.000000494. The first-order chi connectivity index (χ1) is 8.51. The lowest BCUT2D eigenvalue weighted by Crippen LogP contribution is -1.88. The highest BCUT2D eigenvalue weighted by Crippen LogP contribution is 2.12. The summed E-state index contributed by atoms with van der Waals surface area (Å²) in [5, 5.41) is 0. The summed E-state index contributed by atoms with van der Waals surface area (Å²) in [6, 6.07) is 6.69. The van der Waals surface area contributed by atoms with Crippen molar-refractivity contribution in [2.75, 3.05) is 0 Å². The quantitative estimate of drug-likeness (QED) is 0.558. The lowest BCUT2D eigenvalue weighted by atomic mass is 10.0. The SMILES string of the molecule is C=C(C)CCc1ccc(C)c(C)c1.CCCCC. The fourth-order valence-corrected chi connectivity index (χ4v) is 1.67. The van der Waals surface area contributed by atoms with Gasteiger partial charge in [-0.15, -0.1) is 6.58 Å². The Labute approximate surface area is 114 Å². The lowest BCUT2D eigenvalue weighted by Gasteiger charge is -2.04. The third-order valence-electron chi connectivity index (χ3n) is 3.12. The first-order valence-electron chi connectivity index (χ1n) is 7.21. The molecule has 0 saturated heterocycles. The molecule has 0 unspecified atom stereocenters. The Morgan fingerprint density at radius 3 is 2.06 bits per heavy atom. The summed E-state index contributed by atoms with van der Waals surface area (Å²) in [7, 11) is 0. The molecule has 102 valence electrons. The van der Waals surface area contributed by atoms with Gasteiger partial charge in [0.2, 0.25) is 0 Å². The van der Waals surface area contributed by atoms with Crippen molar-refractivity contribution in [1.82, 2.24) is 0 Å². The van der Waals surface area contributed by atoms with Crippen molar-refractivity contribution >= 4 is 0 Å². The highest BCUT2D eigenvalue weighted by Gasteiger charge is 1.96. The highest BCUT2D eigenvalue weighted by molar-refractivity contribution is 5.30. The minimum Gasteiger partial charge on any atom is -0.100 e. The minimum absolute atomic E-state index is 1.10. The van der Waals surface area contributed by atoms with Crippen LogP contribution in [0.4, 0.5) is 0 Å². The Hall–Kier alpha value is -1.04. The van der Waals surface area contributed by atoms with E-state index >= 15 is 0 Å². The van der Waals surface area contributed by atoms with Crippen LogP contribution in [0.1, 0.15) is 63.1 Å². The van der Waals surface area contributed by atoms with Crippen molar-refractivity contribution in [3.8, 4) is 0 Å². The zero-order valence-electron chi connectivity index (χ0n) is 13.0. The zero-order valence-corrected chi connectivity index (χ0v) is 13.0. The first kappa shape index (κ1) is 17.0. The summed E-state index contributed by atoms with van der Waals surface area (Å²) in [5.41, 5.74) is 5.45. The molecule has 0 heteroatoms. The first-order valence-corrected chi connectivity index (χ1v) is 7.21. The molecule has 18 heavy (non-hydrogen) atoms. The second-order valence-electron chi connectivity index (χ2n) is 5.23. The maximum Gasteiger partial charge on any atom is -0.0242 e. The fraction of sp³-hybridized carbons (Fsp3) is 0.556. The van der Waals surface area contributed by atoms with E-state index < -0.39 is 0 Å². The highest BCUT2D eigenvalue weighted by atomic mass is 14.0. The molecule has 0 nitrogen and oxygen atoms in total. The molecule has 0 atom stereocenters. The number of allylic oxidation sites excluding steroid dienone is 1. The lowest BCUT2D eigenvalue weighted by molar-refractivity contribution is 0.772. The minimum atomic E-state index is 1.10. The molecule has 1 rings (SSSR count). The predicted octanol–water partition coefficient (Wildman–Crippen LogP) is 6.01. The molecule has 0 aromatic heterocycles. The van der Waals surface area contributed by atoms with Crippen molar-refractivity contribution in [2.24, 2.45) is 0 Å². The molecular weight excluding hydrogens is 216 g/mol. The van der Waals surface area contributed by atoms with E-state index in [4.69, 9.17) is 0 Å². The van der Waals surface area contributed by atoms with Gasteiger partial charge in [-0.05, 0) is 50.3 Å². The van der Waals surface area contributed by atoms with E-state index in [0.717, 1.165) is 12.8 Å². The average molecular weight is 246 g/mol. The van der Waals surface area contributed by atoms with Crippen LogP contribution < -0.4 is 0 Å². The molecule has 0 fully saturated rings. The smallest absolute Gasteiger partial charge is 0.0242 e. The monoisotopic (exact) mass is 246 g/mol. The molecule has 0 amide bonds. The van der Waals surface area contributed by atoms with Gasteiger partial charge in [0, 0.05) is 0 Å². The summed E-state index contributed by atoms with van der Waals surface area (Å²) in [6.45, 7) is 14.7. The van der Waals surface area contributed by atoms with Gasteiger partial charge < -0.3 is 0 Å². The third-order valence-corrected chi connectivity index (χ3v) is 3.12. The Kier molecular flexibility index (Phi) is 9.36. The van der Waals surface area contributed by atoms with Crippen LogP contribution in [-0.2, 0) is 6.42 Å². The van der Waals surface area contributed by atoms with Crippen molar-refractivity contribution in [2.45, 2.75) is 66.7 Å². The summed E-state index contributed by atoms with van der Waals surface area (Å²) >= 11 is 0. The van der Waals surface area contributed by atoms with Crippen LogP contribution in [0.3, 0.4) is 0 Å². The van der Waals surface area contributed by atoms with Crippen LogP contribution in [0.2, 0.25) is 0 Å². The van der Waals surface area contributed by atoms with Gasteiger partial charge in [-0.1, -0.05) is 56.9 Å². The molecule has 0 bridgehead atoms. The van der Waals surface area contributed by atoms with Crippen LogP contribution in [0.15, 0.2) is 30.4 Å². The summed E-state index contributed by atoms with van der Waals surface area (Å²) in [6.07, 6.45) is 6.30. The summed E-state index contributed by atoms with van der Waals surface area (Å²) in [4.78, 5) is 0. The molecule has 0 spiro atoms. The topological polar surface area (TPSA) is 0 Å². The molecule has 0 aliphatic heterocycles. The molecule has 1 aromatic rings. The van der Waals surface area contributed by atoms with Gasteiger partial charge in [-0.3, -0.25) is 0 Å². The van der Waals surface area contributed by atoms with Crippen LogP contribution in [0.5, 0.6) is 0 Å². The van der Waals surface area contributed by atoms with Gasteiger partial charge in [0.05, 0.1) is 0 Å². The summed E-state index contributed by atoms with van der Waals surface area (Å²) in [5.74, 6) is 0. The fourth-order valence-electron chi connectivity index (χ4n) is 1.67. The third kappa shape index (κ3) is 8.11. The second-order valence-corrected chi connectivity index (χ2v) is 5.23. The number of rotatable bonds is 5. The van der Waals surface area contributed by atoms with Gasteiger partial charge in [-0.25, -0.2) is 0 Å². The summed E-state index contributed by atoms with van der Waals surface area (Å²) < 4.78 is 0. The van der Waals surface area contributed by atoms with Crippen LogP contribution in [0, 0.1) is 13.8 Å². The van der Waals surface area contributed by atoms with E-state index in [0.29, 0.717) is 0 Å². The number of hydrogen-bond donors (Lipinski definition) is 0. The number of unbranched alkanes of at least 4 members (excludes halogenated alkanes) is 2. The number of benzene rings is 1. The Morgan fingerprint density at radius 2 is 1.67 bits per heavy atom. The largest absolute Gasteiger partial charge is 0.100 e. The molecule has 0 heterocycles. The molecule has 0 saturated carbocycles. The van der Waals surface area contributed by atoms with Gasteiger partial charge in [0.25, 0.3) is 0 Å². The van der Waals surface area contributed by atoms with E-state index in [1.54, 1.807) is 0 Å². The Morgan fingerprint density at radius 1 is 1.06 bits per heavy atom. The standard InChI is InChI=1S/C13H18.C5H12/c1-10(2)5-7-13-8-6-11(3)12(4)9-13;1-3-5-4-2/h6,8-9H,1,5,7H2,2-4H3;3-5H2,1-2H3. The molecule has 0 radical (unpaired) electrons. The van der Waals surface area contributed by atoms with E-state index in [2.05, 4.69) is 59.4 Å². The van der Waals surface area contributed by atoms with Gasteiger partial charge >= 0.3 is 0 Å². The average Bonchev–Trinajstić information content (AvgIpc) is 2.32. The van der Waals surface area contributed by atoms with Crippen molar-refractivity contribution in [1.29, 1.82) is 0 Å². The zero-order chi connectivity index (χ0) is 14.0. The Bertz CT molecular complexity index is 345. The van der Waals surface area contributed by atoms with Gasteiger partial charge in [0.1, 0.15) is 0 Å². The second kappa shape index (κ2) is 9.94. The van der Waals surface area contributed by atoms with Crippen molar-refractivity contribution < 1.29 is 0 Å². The molecule has 0 N–H and O–H groups in total. The molecule has 0 aliphatic carbocycles. The van der Waals surface area contributed by atoms with E-state index in [-0.39, 0.29) is 0 Å². The van der Waals surface area contributed by atoms with Crippen LogP contribution in [0.25, 0.3) is 0 Å². The van der Waals surface area contributed by atoms with Crippen LogP contribution >= 0.6 is 0 Å². The number of hydrogen-bond acceptors (Lipinski definition) is 0. The maximum absolute atomic E-state index is 3.91. The van der Waals surface area contributed by atoms with E-state index in [9.17, 15) is 0 Å². The predicted molar refractivity (Wildman–Crippen MR) is 84.3 cm³/mol. The molecule has 0 aliphatic rings. The van der Waals surface area contributed by atoms with E-state index in [1.165, 1.54) is 41.5 Å². The van der Waals surface area contributed by atoms with E-state index in [1.807, 2.05) is 0 Å². The normalized spacial score (nSPS) is 9.61. The number of aryl methyl sites for hydroxylation is 3. The van der Waals surface area contributed by atoms with Crippen LogP contribution in [-0.4, -0.2) is 0 Å². The van der Waals surface area contributed by atoms with Crippen molar-refractivity contribution in [3.63, 3.8) is 0 Å². The van der Waals surface area contributed by atoms with Gasteiger partial charge in [0.15, 0.2) is 0 Å². The maximum atomic E-state index is 3.91.